The van der Waals surface area contributed by atoms with E-state index < -0.39 is 0 Å². The van der Waals surface area contributed by atoms with Gasteiger partial charge in [-0.3, -0.25) is 8.01 Å². The molecule has 2 rings (SSSR count). The molecule has 0 amide bonds. The van der Waals surface area contributed by atoms with Crippen molar-refractivity contribution in [2.45, 2.75) is 57.3 Å². The van der Waals surface area contributed by atoms with E-state index in [1.165, 1.54) is 56.7 Å². The Balaban J connectivity index is 1.99. The smallest absolute Gasteiger partial charge is 0.0248 e. The van der Waals surface area contributed by atoms with Crippen LogP contribution < -0.4 is 0 Å². The van der Waals surface area contributed by atoms with Crippen molar-refractivity contribution in [1.82, 2.24) is 8.01 Å². The van der Waals surface area contributed by atoms with Crippen LogP contribution in [0.15, 0.2) is 54.6 Å². The predicted octanol–water partition coefficient (Wildman–Crippen LogP) is 6.65. The third-order valence-electron chi connectivity index (χ3n) is 6.67. The highest BCUT2D eigenvalue weighted by Crippen LogP contribution is 2.40. The van der Waals surface area contributed by atoms with E-state index in [0.29, 0.717) is 5.41 Å². The van der Waals surface area contributed by atoms with Crippen molar-refractivity contribution in [2.24, 2.45) is 5.92 Å². The second-order valence-corrected chi connectivity index (χ2v) is 10.5. The number of allylic oxidation sites excluding steroid dienone is 2. The number of piperidine rings is 1. The van der Waals surface area contributed by atoms with Crippen LogP contribution in [0.2, 0.25) is 0 Å². The topological polar surface area (TPSA) is 30.3 Å². The number of nitrogens with one attached hydrogen (secondary N) is 1. The predicted molar refractivity (Wildman–Crippen MR) is 140 cm³/mol. The zero-order valence-corrected chi connectivity index (χ0v) is 21.1. The van der Waals surface area contributed by atoms with E-state index in [1.807, 2.05) is 6.08 Å². The summed E-state index contributed by atoms with van der Waals surface area (Å²) >= 11 is 2.42. The summed E-state index contributed by atoms with van der Waals surface area (Å²) < 4.78 is 2.31. The van der Waals surface area contributed by atoms with Crippen LogP contribution in [0.5, 0.6) is 0 Å². The van der Waals surface area contributed by atoms with Crippen molar-refractivity contribution in [2.75, 3.05) is 33.2 Å². The van der Waals surface area contributed by atoms with Gasteiger partial charge in [-0.05, 0) is 81.1 Å². The Hall–Kier alpha value is -0.980. The molecule has 1 heterocycles. The third-order valence-corrected chi connectivity index (χ3v) is 7.16. The number of hydrogen-bond acceptors (Lipinski definition) is 3. The molecular weight excluding hydrogens is 481 g/mol. The summed E-state index contributed by atoms with van der Waals surface area (Å²) in [6.45, 7) is 10.4. The van der Waals surface area contributed by atoms with E-state index in [1.54, 1.807) is 6.08 Å². The van der Waals surface area contributed by atoms with Crippen LogP contribution in [-0.2, 0) is 5.41 Å². The van der Waals surface area contributed by atoms with Crippen molar-refractivity contribution in [3.63, 3.8) is 0 Å². The zero-order valence-electron chi connectivity index (χ0n) is 19.0. The summed E-state index contributed by atoms with van der Waals surface area (Å²) in [5.41, 5.74) is 2.89. The normalized spacial score (nSPS) is 18.3. The summed E-state index contributed by atoms with van der Waals surface area (Å²) in [7, 11) is 2.18. The molecule has 30 heavy (non-hydrogen) atoms. The van der Waals surface area contributed by atoms with E-state index in [4.69, 9.17) is 5.41 Å². The lowest BCUT2D eigenvalue weighted by Crippen LogP contribution is -2.36. The largest absolute Gasteiger partial charge is 0.308 e. The Labute approximate surface area is 198 Å². The maximum absolute atomic E-state index is 7.58. The quantitative estimate of drug-likeness (QED) is 0.136. The summed E-state index contributed by atoms with van der Waals surface area (Å²) in [6, 6.07) is 11.3. The SMILES string of the molecule is C=C/C=C(\C=N)CN1CCC(CCC(CCC)(CCN(C)I)c2ccccc2)CC1. The fourth-order valence-corrected chi connectivity index (χ4v) is 5.16. The van der Waals surface area contributed by atoms with Gasteiger partial charge in [0.15, 0.2) is 0 Å². The monoisotopic (exact) mass is 521 g/mol. The average molecular weight is 522 g/mol. The van der Waals surface area contributed by atoms with Crippen molar-refractivity contribution < 1.29 is 0 Å². The Bertz CT molecular complexity index is 662. The van der Waals surface area contributed by atoms with Crippen LogP contribution in [0.25, 0.3) is 0 Å². The lowest BCUT2D eigenvalue weighted by Gasteiger charge is -2.38. The van der Waals surface area contributed by atoms with Gasteiger partial charge in [0.05, 0.1) is 0 Å². The summed E-state index contributed by atoms with van der Waals surface area (Å²) in [5.74, 6) is 0.824. The second-order valence-electron chi connectivity index (χ2n) is 8.85. The van der Waals surface area contributed by atoms with E-state index in [9.17, 15) is 0 Å². The first-order valence-electron chi connectivity index (χ1n) is 11.5. The first-order chi connectivity index (χ1) is 14.5. The number of rotatable bonds is 13. The van der Waals surface area contributed by atoms with Gasteiger partial charge in [-0.25, -0.2) is 0 Å². The fraction of sp³-hybridized carbons (Fsp3) is 0.577. The Morgan fingerprint density at radius 3 is 2.50 bits per heavy atom. The van der Waals surface area contributed by atoms with Crippen molar-refractivity contribution in [1.29, 1.82) is 5.41 Å². The number of likely N-dealkylation sites (tertiary alicyclic amines) is 1. The first-order valence-corrected chi connectivity index (χ1v) is 12.5. The summed E-state index contributed by atoms with van der Waals surface area (Å²) in [5, 5.41) is 7.58. The second kappa shape index (κ2) is 13.4. The van der Waals surface area contributed by atoms with Gasteiger partial charge < -0.3 is 5.41 Å². The Morgan fingerprint density at radius 2 is 1.93 bits per heavy atom. The van der Waals surface area contributed by atoms with E-state index in [2.05, 4.69) is 81.8 Å². The zero-order chi connectivity index (χ0) is 21.8. The highest BCUT2D eigenvalue weighted by atomic mass is 127. The van der Waals surface area contributed by atoms with Gasteiger partial charge in [-0.1, -0.05) is 62.4 Å². The highest BCUT2D eigenvalue weighted by Gasteiger charge is 2.32. The maximum Gasteiger partial charge on any atom is 0.0248 e. The van der Waals surface area contributed by atoms with E-state index >= 15 is 0 Å². The van der Waals surface area contributed by atoms with Crippen LogP contribution in [-0.4, -0.2) is 47.5 Å². The molecule has 1 aliphatic heterocycles. The molecule has 0 aliphatic carbocycles. The summed E-state index contributed by atoms with van der Waals surface area (Å²) in [4.78, 5) is 2.50. The van der Waals surface area contributed by atoms with Gasteiger partial charge >= 0.3 is 0 Å². The molecule has 1 atom stereocenters. The van der Waals surface area contributed by atoms with Gasteiger partial charge in [0.2, 0.25) is 0 Å². The van der Waals surface area contributed by atoms with Crippen LogP contribution in [0.3, 0.4) is 0 Å². The fourth-order valence-electron chi connectivity index (χ4n) is 4.92. The number of hydrogen-bond donors (Lipinski definition) is 1. The van der Waals surface area contributed by atoms with E-state index in [-0.39, 0.29) is 0 Å². The Kier molecular flexibility index (Phi) is 11.3. The molecule has 0 aromatic heterocycles. The van der Waals surface area contributed by atoms with Crippen molar-refractivity contribution >= 4 is 29.1 Å². The van der Waals surface area contributed by atoms with Crippen molar-refractivity contribution in [3.8, 4) is 0 Å². The van der Waals surface area contributed by atoms with Crippen molar-refractivity contribution in [3.05, 3.63) is 60.2 Å². The minimum absolute atomic E-state index is 0.298. The first kappa shape index (κ1) is 25.3. The molecule has 1 aromatic rings. The molecule has 4 heteroatoms. The van der Waals surface area contributed by atoms with E-state index in [0.717, 1.165) is 37.7 Å². The molecule has 0 saturated carbocycles. The number of halogens is 1. The molecule has 1 saturated heterocycles. The minimum Gasteiger partial charge on any atom is -0.308 e. The average Bonchev–Trinajstić information content (AvgIpc) is 2.77. The molecule has 1 unspecified atom stereocenters. The summed E-state index contributed by atoms with van der Waals surface area (Å²) in [6.07, 6.45) is 14.1. The molecule has 166 valence electrons. The van der Waals surface area contributed by atoms with Gasteiger partial charge in [-0.2, -0.15) is 0 Å². The highest BCUT2D eigenvalue weighted by molar-refractivity contribution is 14.1. The van der Waals surface area contributed by atoms with Crippen LogP contribution in [0, 0.1) is 11.3 Å². The molecule has 1 N–H and O–H groups in total. The standard InChI is InChI=1S/C26H40IN3/c1-4-9-24(21-28)22-30-18-13-23(14-19-30)12-16-26(15-5-2,17-20-29(3)27)25-10-7-6-8-11-25/h4,6-11,21,23,28H,1,5,12-20,22H2,2-3H3/b24-9+,28-21?. The van der Waals surface area contributed by atoms with Crippen LogP contribution >= 0.6 is 22.9 Å². The lowest BCUT2D eigenvalue weighted by molar-refractivity contribution is 0.178. The third kappa shape index (κ3) is 7.93. The molecule has 3 nitrogen and oxygen atoms in total. The number of benzene rings is 1. The number of nitrogens with zero attached hydrogens (tertiary/aromatic N) is 2. The lowest BCUT2D eigenvalue weighted by atomic mass is 9.69. The van der Waals surface area contributed by atoms with Crippen LogP contribution in [0.1, 0.15) is 57.4 Å². The van der Waals surface area contributed by atoms with Gasteiger partial charge in [0, 0.05) is 42.2 Å². The van der Waals surface area contributed by atoms with Gasteiger partial charge in [-0.15, -0.1) is 0 Å². The minimum atomic E-state index is 0.298. The molecule has 0 radical (unpaired) electrons. The molecular formula is C26H40IN3. The molecule has 1 fully saturated rings. The molecule has 0 bridgehead atoms. The molecule has 0 spiro atoms. The van der Waals surface area contributed by atoms with Crippen LogP contribution in [0.4, 0.5) is 0 Å². The van der Waals surface area contributed by atoms with Gasteiger partial charge in [0.1, 0.15) is 0 Å². The molecule has 1 aliphatic rings. The van der Waals surface area contributed by atoms with Gasteiger partial charge in [0.25, 0.3) is 0 Å². The Morgan fingerprint density at radius 1 is 1.23 bits per heavy atom. The maximum atomic E-state index is 7.58. The molecule has 1 aromatic carbocycles.